The Morgan fingerprint density at radius 1 is 1.22 bits per heavy atom. The van der Waals surface area contributed by atoms with Gasteiger partial charge in [0.1, 0.15) is 5.75 Å². The maximum absolute atomic E-state index is 12.9. The van der Waals surface area contributed by atoms with E-state index in [1.165, 1.54) is 18.4 Å². The van der Waals surface area contributed by atoms with E-state index in [2.05, 4.69) is 10.6 Å². The number of carbonyl (C=O) groups excluding carboxylic acids is 2. The van der Waals surface area contributed by atoms with Crippen LogP contribution in [-0.2, 0) is 11.0 Å². The molecule has 6 nitrogen and oxygen atoms in total. The molecule has 0 aliphatic carbocycles. The van der Waals surface area contributed by atoms with Crippen molar-refractivity contribution in [2.75, 3.05) is 18.5 Å². The van der Waals surface area contributed by atoms with Gasteiger partial charge in [-0.2, -0.15) is 13.2 Å². The summed E-state index contributed by atoms with van der Waals surface area (Å²) < 4.78 is 49.0. The number of furan rings is 1. The molecule has 0 aliphatic heterocycles. The average molecular weight is 384 g/mol. The third-order valence-corrected chi connectivity index (χ3v) is 3.43. The number of rotatable bonds is 8. The van der Waals surface area contributed by atoms with Gasteiger partial charge in [0.05, 0.1) is 24.1 Å². The first-order chi connectivity index (χ1) is 12.8. The van der Waals surface area contributed by atoms with Crippen LogP contribution in [0, 0.1) is 0 Å². The fraction of sp³-hybridized carbons (Fsp3) is 0.333. The summed E-state index contributed by atoms with van der Waals surface area (Å²) in [6.45, 7) is 2.15. The maximum Gasteiger partial charge on any atom is 0.416 e. The monoisotopic (exact) mass is 384 g/mol. The van der Waals surface area contributed by atoms with Crippen LogP contribution in [0.25, 0.3) is 0 Å². The van der Waals surface area contributed by atoms with E-state index in [1.807, 2.05) is 6.92 Å². The third kappa shape index (κ3) is 6.05. The Hall–Kier alpha value is -2.97. The molecule has 146 valence electrons. The highest BCUT2D eigenvalue weighted by molar-refractivity contribution is 5.94. The molecule has 1 heterocycles. The number of nitrogens with one attached hydrogen (secondary N) is 2. The van der Waals surface area contributed by atoms with Gasteiger partial charge in [-0.1, -0.05) is 6.92 Å². The minimum Gasteiger partial charge on any atom is -0.491 e. The molecule has 0 fully saturated rings. The molecular weight excluding hydrogens is 365 g/mol. The second-order valence-corrected chi connectivity index (χ2v) is 5.59. The first-order valence-electron chi connectivity index (χ1n) is 8.27. The minimum atomic E-state index is -4.54. The van der Waals surface area contributed by atoms with Crippen molar-refractivity contribution in [3.8, 4) is 5.75 Å². The van der Waals surface area contributed by atoms with Crippen LogP contribution in [0.3, 0.4) is 0 Å². The zero-order valence-electron chi connectivity index (χ0n) is 14.6. The molecule has 2 N–H and O–H groups in total. The van der Waals surface area contributed by atoms with Crippen molar-refractivity contribution in [1.29, 1.82) is 0 Å². The van der Waals surface area contributed by atoms with Crippen LogP contribution in [0.2, 0.25) is 0 Å². The fourth-order valence-corrected chi connectivity index (χ4v) is 2.14. The number of alkyl halides is 3. The molecule has 0 saturated carbocycles. The molecule has 0 bridgehead atoms. The van der Waals surface area contributed by atoms with Gasteiger partial charge < -0.3 is 19.8 Å². The fourth-order valence-electron chi connectivity index (χ4n) is 2.14. The number of hydrogen-bond acceptors (Lipinski definition) is 4. The van der Waals surface area contributed by atoms with E-state index >= 15 is 0 Å². The molecule has 0 aliphatic rings. The van der Waals surface area contributed by atoms with Gasteiger partial charge in [0.2, 0.25) is 5.91 Å². The molecule has 1 aromatic heterocycles. The molecule has 9 heteroatoms. The van der Waals surface area contributed by atoms with E-state index in [1.54, 1.807) is 6.07 Å². The largest absolute Gasteiger partial charge is 0.491 e. The van der Waals surface area contributed by atoms with E-state index in [4.69, 9.17) is 9.15 Å². The van der Waals surface area contributed by atoms with Crippen molar-refractivity contribution in [3.63, 3.8) is 0 Å². The van der Waals surface area contributed by atoms with E-state index in [0.717, 1.165) is 12.1 Å². The quantitative estimate of drug-likeness (QED) is 0.725. The summed E-state index contributed by atoms with van der Waals surface area (Å²) in [7, 11) is 0. The molecule has 27 heavy (non-hydrogen) atoms. The number of halogens is 3. The third-order valence-electron chi connectivity index (χ3n) is 3.43. The van der Waals surface area contributed by atoms with Crippen molar-refractivity contribution in [1.82, 2.24) is 5.32 Å². The highest BCUT2D eigenvalue weighted by Crippen LogP contribution is 2.35. The summed E-state index contributed by atoms with van der Waals surface area (Å²) in [6.07, 6.45) is -2.67. The van der Waals surface area contributed by atoms with Crippen LogP contribution in [0.4, 0.5) is 18.9 Å². The van der Waals surface area contributed by atoms with Crippen molar-refractivity contribution >= 4 is 17.5 Å². The zero-order chi connectivity index (χ0) is 19.9. The lowest BCUT2D eigenvalue weighted by Gasteiger charge is -2.15. The van der Waals surface area contributed by atoms with Crippen LogP contribution in [0.5, 0.6) is 5.75 Å². The molecule has 0 atom stereocenters. The zero-order valence-corrected chi connectivity index (χ0v) is 14.6. The molecule has 1 aromatic carbocycles. The van der Waals surface area contributed by atoms with Gasteiger partial charge in [-0.05, 0) is 36.8 Å². The molecule has 0 unspecified atom stereocenters. The van der Waals surface area contributed by atoms with Gasteiger partial charge in [-0.25, -0.2) is 0 Å². The van der Waals surface area contributed by atoms with Crippen molar-refractivity contribution < 1.29 is 31.9 Å². The predicted octanol–water partition coefficient (Wildman–Crippen LogP) is 3.85. The first kappa shape index (κ1) is 20.3. The van der Waals surface area contributed by atoms with Crippen LogP contribution >= 0.6 is 0 Å². The van der Waals surface area contributed by atoms with Gasteiger partial charge in [0, 0.05) is 13.0 Å². The molecular formula is C18H19F3N2O4. The van der Waals surface area contributed by atoms with E-state index in [9.17, 15) is 22.8 Å². The first-order valence-corrected chi connectivity index (χ1v) is 8.27. The van der Waals surface area contributed by atoms with Gasteiger partial charge in [0.25, 0.3) is 5.91 Å². The number of hydrogen-bond donors (Lipinski definition) is 2. The second kappa shape index (κ2) is 9.11. The van der Waals surface area contributed by atoms with Gasteiger partial charge in [0.15, 0.2) is 5.76 Å². The Labute approximate surface area is 153 Å². The summed E-state index contributed by atoms with van der Waals surface area (Å²) in [5, 5.41) is 4.88. The lowest BCUT2D eigenvalue weighted by atomic mass is 10.1. The number of benzene rings is 1. The maximum atomic E-state index is 12.9. The normalized spacial score (nSPS) is 11.1. The Kier molecular flexibility index (Phi) is 6.86. The average Bonchev–Trinajstić information content (AvgIpc) is 3.14. The predicted molar refractivity (Wildman–Crippen MR) is 91.5 cm³/mol. The molecule has 2 amide bonds. The minimum absolute atomic E-state index is 0.00449. The molecule has 0 spiro atoms. The Morgan fingerprint density at radius 3 is 2.63 bits per heavy atom. The summed E-state index contributed by atoms with van der Waals surface area (Å²) >= 11 is 0. The number of carbonyl (C=O) groups is 2. The van der Waals surface area contributed by atoms with Crippen molar-refractivity contribution in [2.24, 2.45) is 0 Å². The molecule has 2 rings (SSSR count). The van der Waals surface area contributed by atoms with Crippen molar-refractivity contribution in [2.45, 2.75) is 25.9 Å². The lowest BCUT2D eigenvalue weighted by molar-refractivity contribution is -0.137. The molecule has 0 radical (unpaired) electrons. The van der Waals surface area contributed by atoms with E-state index in [0.29, 0.717) is 13.0 Å². The number of amides is 2. The van der Waals surface area contributed by atoms with E-state index in [-0.39, 0.29) is 30.2 Å². The standard InChI is InChI=1S/C18H19F3N2O4/c1-2-9-26-14-6-5-12(18(19,20)21)11-13(14)23-16(24)7-8-22-17(25)15-4-3-10-27-15/h3-6,10-11H,2,7-9H2,1H3,(H,22,25)(H,23,24). The molecule has 2 aromatic rings. The smallest absolute Gasteiger partial charge is 0.416 e. The topological polar surface area (TPSA) is 80.6 Å². The van der Waals surface area contributed by atoms with Crippen LogP contribution in [0.1, 0.15) is 35.9 Å². The number of anilines is 1. The summed E-state index contributed by atoms with van der Waals surface area (Å²) in [5.74, 6) is -0.796. The highest BCUT2D eigenvalue weighted by atomic mass is 19.4. The van der Waals surface area contributed by atoms with E-state index < -0.39 is 23.6 Å². The van der Waals surface area contributed by atoms with Crippen LogP contribution < -0.4 is 15.4 Å². The highest BCUT2D eigenvalue weighted by Gasteiger charge is 2.31. The van der Waals surface area contributed by atoms with Gasteiger partial charge in [-0.3, -0.25) is 9.59 Å². The Bertz CT molecular complexity index is 773. The second-order valence-electron chi connectivity index (χ2n) is 5.59. The molecule has 0 saturated heterocycles. The Morgan fingerprint density at radius 2 is 2.00 bits per heavy atom. The van der Waals surface area contributed by atoms with Crippen LogP contribution in [0.15, 0.2) is 41.0 Å². The summed E-state index contributed by atoms with van der Waals surface area (Å²) in [4.78, 5) is 23.7. The van der Waals surface area contributed by atoms with Crippen LogP contribution in [-0.4, -0.2) is 25.0 Å². The van der Waals surface area contributed by atoms with Gasteiger partial charge >= 0.3 is 6.18 Å². The SMILES string of the molecule is CCCOc1ccc(C(F)(F)F)cc1NC(=O)CCNC(=O)c1ccco1. The van der Waals surface area contributed by atoms with Crippen molar-refractivity contribution in [3.05, 3.63) is 47.9 Å². The summed E-state index contributed by atoms with van der Waals surface area (Å²) in [5.41, 5.74) is -0.964. The Balaban J connectivity index is 1.98. The number of ether oxygens (including phenoxy) is 1. The summed E-state index contributed by atoms with van der Waals surface area (Å²) in [6, 6.07) is 5.91. The lowest BCUT2D eigenvalue weighted by Crippen LogP contribution is -2.27. The van der Waals surface area contributed by atoms with Gasteiger partial charge in [-0.15, -0.1) is 0 Å².